The monoisotopic (exact) mass is 349 g/mol. The third-order valence-electron chi connectivity index (χ3n) is 5.15. The van der Waals surface area contributed by atoms with Crippen molar-refractivity contribution in [1.82, 2.24) is 9.97 Å². The highest BCUT2D eigenvalue weighted by Gasteiger charge is 2.26. The van der Waals surface area contributed by atoms with Crippen molar-refractivity contribution in [2.24, 2.45) is 0 Å². The van der Waals surface area contributed by atoms with E-state index in [2.05, 4.69) is 11.1 Å². The van der Waals surface area contributed by atoms with Crippen LogP contribution in [0.5, 0.6) is 5.88 Å². The van der Waals surface area contributed by atoms with Crippen molar-refractivity contribution in [2.45, 2.75) is 51.6 Å². The third-order valence-corrected chi connectivity index (χ3v) is 5.15. The second kappa shape index (κ2) is 7.43. The summed E-state index contributed by atoms with van der Waals surface area (Å²) in [5.41, 5.74) is 5.79. The molecule has 5 nitrogen and oxygen atoms in total. The van der Waals surface area contributed by atoms with E-state index < -0.39 is 0 Å². The molecule has 4 rings (SSSR count). The van der Waals surface area contributed by atoms with E-state index in [1.807, 2.05) is 19.1 Å². The fourth-order valence-corrected chi connectivity index (χ4v) is 3.87. The number of nitriles is 1. The molecule has 5 heteroatoms. The van der Waals surface area contributed by atoms with E-state index in [9.17, 15) is 5.26 Å². The molecule has 1 atom stereocenters. The zero-order valence-corrected chi connectivity index (χ0v) is 15.1. The number of hydrogen-bond donors (Lipinski definition) is 0. The average Bonchev–Trinajstić information content (AvgIpc) is 3.04. The molecule has 0 N–H and O–H groups in total. The number of pyridine rings is 2. The molecule has 2 aromatic rings. The standard InChI is InChI=1S/C21H23N3O2/c1-14-11-15(7-9-23-14)20-17-5-3-2-4-6-19(17)24-21(18(20)12-22)26-16-8-10-25-13-16/h7,9,11,16H,2-6,8,10,13H2,1H3. The van der Waals surface area contributed by atoms with Gasteiger partial charge in [0, 0.05) is 29.6 Å². The molecule has 1 aliphatic carbocycles. The van der Waals surface area contributed by atoms with Gasteiger partial charge in [0.1, 0.15) is 17.7 Å². The van der Waals surface area contributed by atoms with Crippen molar-refractivity contribution < 1.29 is 9.47 Å². The molecule has 0 bridgehead atoms. The van der Waals surface area contributed by atoms with Gasteiger partial charge in [-0.3, -0.25) is 4.98 Å². The lowest BCUT2D eigenvalue weighted by Crippen LogP contribution is -2.18. The van der Waals surface area contributed by atoms with E-state index in [4.69, 9.17) is 14.5 Å². The van der Waals surface area contributed by atoms with Gasteiger partial charge < -0.3 is 9.47 Å². The number of rotatable bonds is 3. The molecule has 0 amide bonds. The van der Waals surface area contributed by atoms with Gasteiger partial charge in [-0.15, -0.1) is 0 Å². The molecule has 1 aliphatic heterocycles. The molecular formula is C21H23N3O2. The lowest BCUT2D eigenvalue weighted by Gasteiger charge is -2.19. The number of aryl methyl sites for hydroxylation is 2. The van der Waals surface area contributed by atoms with Crippen LogP contribution in [0.4, 0.5) is 0 Å². The van der Waals surface area contributed by atoms with Crippen LogP contribution in [0.1, 0.15) is 48.2 Å². The maximum atomic E-state index is 9.96. The maximum absolute atomic E-state index is 9.96. The highest BCUT2D eigenvalue weighted by atomic mass is 16.5. The Kier molecular flexibility index (Phi) is 4.85. The van der Waals surface area contributed by atoms with Crippen LogP contribution in [0.25, 0.3) is 11.1 Å². The van der Waals surface area contributed by atoms with Gasteiger partial charge in [0.05, 0.1) is 13.2 Å². The first-order valence-electron chi connectivity index (χ1n) is 9.39. The smallest absolute Gasteiger partial charge is 0.232 e. The summed E-state index contributed by atoms with van der Waals surface area (Å²) in [7, 11) is 0. The molecule has 2 aliphatic rings. The van der Waals surface area contributed by atoms with Crippen LogP contribution in [0.3, 0.4) is 0 Å². The Morgan fingerprint density at radius 1 is 1.27 bits per heavy atom. The van der Waals surface area contributed by atoms with Crippen LogP contribution in [-0.4, -0.2) is 29.3 Å². The Morgan fingerprint density at radius 3 is 2.92 bits per heavy atom. The molecule has 2 aromatic heterocycles. The summed E-state index contributed by atoms with van der Waals surface area (Å²) in [5, 5.41) is 9.96. The highest BCUT2D eigenvalue weighted by Crippen LogP contribution is 2.37. The predicted molar refractivity (Wildman–Crippen MR) is 98.0 cm³/mol. The molecule has 1 unspecified atom stereocenters. The zero-order chi connectivity index (χ0) is 17.9. The second-order valence-electron chi connectivity index (χ2n) is 7.05. The minimum absolute atomic E-state index is 0.0227. The Hall–Kier alpha value is -2.45. The Labute approximate surface area is 154 Å². The zero-order valence-electron chi connectivity index (χ0n) is 15.1. The van der Waals surface area contributed by atoms with E-state index >= 15 is 0 Å². The van der Waals surface area contributed by atoms with Crippen LogP contribution in [0.2, 0.25) is 0 Å². The first-order chi connectivity index (χ1) is 12.8. The summed E-state index contributed by atoms with van der Waals surface area (Å²) in [4.78, 5) is 9.11. The van der Waals surface area contributed by atoms with Gasteiger partial charge >= 0.3 is 0 Å². The van der Waals surface area contributed by atoms with E-state index in [0.717, 1.165) is 54.6 Å². The topological polar surface area (TPSA) is 68.0 Å². The van der Waals surface area contributed by atoms with Gasteiger partial charge in [-0.25, -0.2) is 4.98 Å². The van der Waals surface area contributed by atoms with Crippen LogP contribution >= 0.6 is 0 Å². The summed E-state index contributed by atoms with van der Waals surface area (Å²) in [5.74, 6) is 0.466. The molecule has 3 heterocycles. The van der Waals surface area contributed by atoms with Crippen molar-refractivity contribution in [1.29, 1.82) is 5.26 Å². The largest absolute Gasteiger partial charge is 0.471 e. The van der Waals surface area contributed by atoms with Crippen molar-refractivity contribution in [3.63, 3.8) is 0 Å². The number of fused-ring (bicyclic) bond motifs is 1. The predicted octanol–water partition coefficient (Wildman–Crippen LogP) is 3.76. The van der Waals surface area contributed by atoms with Gasteiger partial charge in [-0.1, -0.05) is 6.42 Å². The summed E-state index contributed by atoms with van der Waals surface area (Å²) < 4.78 is 11.5. The highest BCUT2D eigenvalue weighted by molar-refractivity contribution is 5.77. The Balaban J connectivity index is 1.89. The van der Waals surface area contributed by atoms with Crippen molar-refractivity contribution in [3.05, 3.63) is 40.8 Å². The fourth-order valence-electron chi connectivity index (χ4n) is 3.87. The molecule has 134 valence electrons. The molecule has 0 aromatic carbocycles. The number of nitrogens with zero attached hydrogens (tertiary/aromatic N) is 3. The molecule has 0 saturated carbocycles. The van der Waals surface area contributed by atoms with Gasteiger partial charge in [-0.2, -0.15) is 5.26 Å². The van der Waals surface area contributed by atoms with Gasteiger partial charge in [-0.05, 0) is 55.9 Å². The van der Waals surface area contributed by atoms with Crippen LogP contribution in [-0.2, 0) is 17.6 Å². The van der Waals surface area contributed by atoms with E-state index in [-0.39, 0.29) is 6.10 Å². The van der Waals surface area contributed by atoms with Gasteiger partial charge in [0.25, 0.3) is 0 Å². The van der Waals surface area contributed by atoms with Crippen molar-refractivity contribution in [2.75, 3.05) is 13.2 Å². The van der Waals surface area contributed by atoms with Crippen LogP contribution in [0, 0.1) is 18.3 Å². The molecule has 1 fully saturated rings. The Morgan fingerprint density at radius 2 is 2.15 bits per heavy atom. The lowest BCUT2D eigenvalue weighted by molar-refractivity contribution is 0.137. The summed E-state index contributed by atoms with van der Waals surface area (Å²) in [6, 6.07) is 6.41. The molecule has 0 radical (unpaired) electrons. The normalized spacial score (nSPS) is 19.5. The lowest BCUT2D eigenvalue weighted by atomic mass is 9.92. The van der Waals surface area contributed by atoms with E-state index in [1.54, 1.807) is 6.20 Å². The maximum Gasteiger partial charge on any atom is 0.232 e. The first kappa shape index (κ1) is 17.0. The molecule has 0 spiro atoms. The minimum Gasteiger partial charge on any atom is -0.471 e. The summed E-state index contributed by atoms with van der Waals surface area (Å²) >= 11 is 0. The molecule has 26 heavy (non-hydrogen) atoms. The second-order valence-corrected chi connectivity index (χ2v) is 7.05. The number of aromatic nitrogens is 2. The average molecular weight is 349 g/mol. The number of ether oxygens (including phenoxy) is 2. The quantitative estimate of drug-likeness (QED) is 0.789. The Bertz CT molecular complexity index is 851. The van der Waals surface area contributed by atoms with E-state index in [0.29, 0.717) is 24.7 Å². The summed E-state index contributed by atoms with van der Waals surface area (Å²) in [6.45, 7) is 3.24. The molecular weight excluding hydrogens is 326 g/mol. The SMILES string of the molecule is Cc1cc(-c2c(C#N)c(OC3CCOC3)nc3c2CCCCC3)ccn1. The van der Waals surface area contributed by atoms with Gasteiger partial charge in [0.15, 0.2) is 0 Å². The first-order valence-corrected chi connectivity index (χ1v) is 9.39. The van der Waals surface area contributed by atoms with Crippen LogP contribution < -0.4 is 4.74 Å². The summed E-state index contributed by atoms with van der Waals surface area (Å²) in [6.07, 6.45) is 7.98. The van der Waals surface area contributed by atoms with E-state index in [1.165, 1.54) is 12.0 Å². The minimum atomic E-state index is -0.0227. The van der Waals surface area contributed by atoms with Crippen LogP contribution in [0.15, 0.2) is 18.3 Å². The molecule has 1 saturated heterocycles. The van der Waals surface area contributed by atoms with Crippen molar-refractivity contribution in [3.8, 4) is 23.1 Å². The number of hydrogen-bond acceptors (Lipinski definition) is 5. The fraction of sp³-hybridized carbons (Fsp3) is 0.476. The van der Waals surface area contributed by atoms with Gasteiger partial charge in [0.2, 0.25) is 5.88 Å². The third kappa shape index (κ3) is 3.30. The van der Waals surface area contributed by atoms with Crippen molar-refractivity contribution >= 4 is 0 Å².